The molecule has 88 valence electrons. The molecule has 0 bridgehead atoms. The Hall–Kier alpha value is -2.76. The lowest BCUT2D eigenvalue weighted by Crippen LogP contribution is -1.89. The van der Waals surface area contributed by atoms with Crippen molar-refractivity contribution >= 4 is 5.82 Å². The lowest BCUT2D eigenvalue weighted by atomic mass is 10.2. The van der Waals surface area contributed by atoms with Crippen molar-refractivity contribution in [2.24, 2.45) is 0 Å². The molecule has 3 aromatic rings. The van der Waals surface area contributed by atoms with Crippen molar-refractivity contribution in [3.05, 3.63) is 42.9 Å². The van der Waals surface area contributed by atoms with E-state index in [0.717, 1.165) is 11.1 Å². The monoisotopic (exact) mass is 239 g/mol. The van der Waals surface area contributed by atoms with Crippen LogP contribution in [0.15, 0.2) is 47.4 Å². The van der Waals surface area contributed by atoms with Crippen molar-refractivity contribution in [1.82, 2.24) is 20.1 Å². The van der Waals surface area contributed by atoms with E-state index in [0.29, 0.717) is 17.5 Å². The molecular formula is C12H9N5O. The predicted octanol–water partition coefficient (Wildman–Crippen LogP) is 1.78. The van der Waals surface area contributed by atoms with Crippen LogP contribution in [0.2, 0.25) is 0 Å². The number of rotatable bonds is 2. The van der Waals surface area contributed by atoms with Crippen LogP contribution < -0.4 is 5.73 Å². The van der Waals surface area contributed by atoms with Crippen molar-refractivity contribution in [3.63, 3.8) is 0 Å². The molecule has 0 atom stereocenters. The van der Waals surface area contributed by atoms with Gasteiger partial charge in [-0.25, -0.2) is 4.98 Å². The maximum atomic E-state index is 5.51. The standard InChI is InChI=1S/C12H9N5O/c13-10-4-3-9(7-15-10)12-16-11(17-18-12)8-2-1-5-14-6-8/h1-7H,(H2,13,15). The molecule has 3 heterocycles. The van der Waals surface area contributed by atoms with Crippen LogP contribution in [-0.4, -0.2) is 20.1 Å². The third kappa shape index (κ3) is 1.91. The van der Waals surface area contributed by atoms with Gasteiger partial charge < -0.3 is 10.3 Å². The van der Waals surface area contributed by atoms with E-state index < -0.39 is 0 Å². The van der Waals surface area contributed by atoms with Gasteiger partial charge in [0.15, 0.2) is 0 Å². The minimum absolute atomic E-state index is 0.404. The van der Waals surface area contributed by atoms with Gasteiger partial charge in [-0.3, -0.25) is 4.98 Å². The highest BCUT2D eigenvalue weighted by atomic mass is 16.5. The van der Waals surface area contributed by atoms with Crippen LogP contribution in [0, 0.1) is 0 Å². The summed E-state index contributed by atoms with van der Waals surface area (Å²) in [7, 11) is 0. The summed E-state index contributed by atoms with van der Waals surface area (Å²) in [5.41, 5.74) is 7.05. The maximum Gasteiger partial charge on any atom is 0.259 e. The number of aromatic nitrogens is 4. The first-order valence-electron chi connectivity index (χ1n) is 5.29. The number of pyridine rings is 2. The molecule has 0 aliphatic heterocycles. The van der Waals surface area contributed by atoms with Crippen molar-refractivity contribution < 1.29 is 4.52 Å². The quantitative estimate of drug-likeness (QED) is 0.732. The zero-order valence-corrected chi connectivity index (χ0v) is 9.32. The SMILES string of the molecule is Nc1ccc(-c2nc(-c3cccnc3)no2)cn1. The molecule has 3 aromatic heterocycles. The molecule has 6 nitrogen and oxygen atoms in total. The smallest absolute Gasteiger partial charge is 0.259 e. The molecular weight excluding hydrogens is 230 g/mol. The average molecular weight is 239 g/mol. The Labute approximate surface area is 103 Å². The van der Waals surface area contributed by atoms with E-state index in [1.54, 1.807) is 30.7 Å². The Morgan fingerprint density at radius 3 is 2.72 bits per heavy atom. The largest absolute Gasteiger partial charge is 0.384 e. The third-order valence-corrected chi connectivity index (χ3v) is 2.38. The van der Waals surface area contributed by atoms with E-state index in [1.807, 2.05) is 12.1 Å². The number of nitrogen functional groups attached to an aromatic ring is 1. The van der Waals surface area contributed by atoms with Gasteiger partial charge in [-0.15, -0.1) is 0 Å². The molecule has 0 aliphatic rings. The summed E-state index contributed by atoms with van der Waals surface area (Å²) < 4.78 is 5.18. The van der Waals surface area contributed by atoms with Crippen LogP contribution in [0.1, 0.15) is 0 Å². The van der Waals surface area contributed by atoms with E-state index in [1.165, 1.54) is 0 Å². The second kappa shape index (κ2) is 4.25. The predicted molar refractivity (Wildman–Crippen MR) is 65.2 cm³/mol. The normalized spacial score (nSPS) is 10.4. The summed E-state index contributed by atoms with van der Waals surface area (Å²) in [5, 5.41) is 3.90. The van der Waals surface area contributed by atoms with Crippen LogP contribution in [0.25, 0.3) is 22.8 Å². The van der Waals surface area contributed by atoms with Gasteiger partial charge in [0.05, 0.1) is 5.56 Å². The van der Waals surface area contributed by atoms with Crippen LogP contribution in [0.5, 0.6) is 0 Å². The molecule has 0 saturated carbocycles. The van der Waals surface area contributed by atoms with Gasteiger partial charge in [0, 0.05) is 24.2 Å². The molecule has 3 rings (SSSR count). The molecule has 0 aromatic carbocycles. The molecule has 2 N–H and O–H groups in total. The Balaban J connectivity index is 1.97. The summed E-state index contributed by atoms with van der Waals surface area (Å²) in [6.07, 6.45) is 4.96. The summed E-state index contributed by atoms with van der Waals surface area (Å²) in [4.78, 5) is 12.3. The molecule has 0 radical (unpaired) electrons. The van der Waals surface area contributed by atoms with Gasteiger partial charge in [-0.2, -0.15) is 4.98 Å². The summed E-state index contributed by atoms with van der Waals surface area (Å²) in [6, 6.07) is 7.14. The molecule has 0 fully saturated rings. The van der Waals surface area contributed by atoms with E-state index in [-0.39, 0.29) is 0 Å². The topological polar surface area (TPSA) is 90.7 Å². The molecule has 0 aliphatic carbocycles. The number of anilines is 1. The number of hydrogen-bond donors (Lipinski definition) is 1. The van der Waals surface area contributed by atoms with Gasteiger partial charge in [0.2, 0.25) is 5.82 Å². The summed E-state index contributed by atoms with van der Waals surface area (Å²) >= 11 is 0. The first kappa shape index (κ1) is 10.4. The number of nitrogens with zero attached hydrogens (tertiary/aromatic N) is 4. The number of hydrogen-bond acceptors (Lipinski definition) is 6. The van der Waals surface area contributed by atoms with E-state index >= 15 is 0 Å². The highest BCUT2D eigenvalue weighted by Gasteiger charge is 2.10. The Kier molecular flexibility index (Phi) is 2.45. The summed E-state index contributed by atoms with van der Waals surface area (Å²) in [5.74, 6) is 1.35. The third-order valence-electron chi connectivity index (χ3n) is 2.38. The minimum atomic E-state index is 0.404. The van der Waals surface area contributed by atoms with Crippen LogP contribution >= 0.6 is 0 Å². The van der Waals surface area contributed by atoms with Crippen molar-refractivity contribution in [2.45, 2.75) is 0 Å². The Morgan fingerprint density at radius 1 is 1.06 bits per heavy atom. The zero-order valence-electron chi connectivity index (χ0n) is 9.32. The first-order valence-corrected chi connectivity index (χ1v) is 5.29. The highest BCUT2D eigenvalue weighted by molar-refractivity contribution is 5.58. The Bertz CT molecular complexity index is 648. The average Bonchev–Trinajstić information content (AvgIpc) is 2.90. The molecule has 0 amide bonds. The zero-order chi connectivity index (χ0) is 12.4. The van der Waals surface area contributed by atoms with Crippen LogP contribution in [0.4, 0.5) is 5.82 Å². The maximum absolute atomic E-state index is 5.51. The fourth-order valence-corrected chi connectivity index (χ4v) is 1.48. The van der Waals surface area contributed by atoms with E-state index in [4.69, 9.17) is 10.3 Å². The van der Waals surface area contributed by atoms with Crippen molar-refractivity contribution in [1.29, 1.82) is 0 Å². The molecule has 0 saturated heterocycles. The second-order valence-electron chi connectivity index (χ2n) is 3.64. The second-order valence-corrected chi connectivity index (χ2v) is 3.64. The lowest BCUT2D eigenvalue weighted by molar-refractivity contribution is 0.432. The van der Waals surface area contributed by atoms with Gasteiger partial charge in [0.25, 0.3) is 5.89 Å². The van der Waals surface area contributed by atoms with Crippen LogP contribution in [-0.2, 0) is 0 Å². The van der Waals surface area contributed by atoms with Gasteiger partial charge in [-0.05, 0) is 24.3 Å². The fraction of sp³-hybridized carbons (Fsp3) is 0. The molecule has 0 spiro atoms. The van der Waals surface area contributed by atoms with E-state index in [9.17, 15) is 0 Å². The molecule has 0 unspecified atom stereocenters. The van der Waals surface area contributed by atoms with Gasteiger partial charge in [-0.1, -0.05) is 5.16 Å². The molecule has 18 heavy (non-hydrogen) atoms. The van der Waals surface area contributed by atoms with Crippen LogP contribution in [0.3, 0.4) is 0 Å². The van der Waals surface area contributed by atoms with Crippen molar-refractivity contribution in [2.75, 3.05) is 5.73 Å². The first-order chi connectivity index (χ1) is 8.83. The van der Waals surface area contributed by atoms with Gasteiger partial charge >= 0.3 is 0 Å². The highest BCUT2D eigenvalue weighted by Crippen LogP contribution is 2.21. The molecule has 6 heteroatoms. The van der Waals surface area contributed by atoms with Crippen molar-refractivity contribution in [3.8, 4) is 22.8 Å². The minimum Gasteiger partial charge on any atom is -0.384 e. The lowest BCUT2D eigenvalue weighted by Gasteiger charge is -1.93. The Morgan fingerprint density at radius 2 is 2.00 bits per heavy atom. The van der Waals surface area contributed by atoms with Gasteiger partial charge in [0.1, 0.15) is 5.82 Å². The number of nitrogens with two attached hydrogens (primary N) is 1. The van der Waals surface area contributed by atoms with E-state index in [2.05, 4.69) is 20.1 Å². The summed E-state index contributed by atoms with van der Waals surface area (Å²) in [6.45, 7) is 0. The fourth-order valence-electron chi connectivity index (χ4n) is 1.48.